The topological polar surface area (TPSA) is 67.4 Å². The van der Waals surface area contributed by atoms with Crippen molar-refractivity contribution < 1.29 is 14.2 Å². The van der Waals surface area contributed by atoms with Gasteiger partial charge in [0.2, 0.25) is 0 Å². The molecule has 0 atom stereocenters. The first-order valence-electron chi connectivity index (χ1n) is 11.4. The first kappa shape index (κ1) is 27.2. The highest BCUT2D eigenvalue weighted by atomic mass is 127. The highest BCUT2D eigenvalue weighted by molar-refractivity contribution is 14.0. The Hall–Kier alpha value is -2.04. The third kappa shape index (κ3) is 8.68. The van der Waals surface area contributed by atoms with Crippen LogP contribution in [0.5, 0.6) is 11.5 Å². The van der Waals surface area contributed by atoms with Gasteiger partial charge in [-0.1, -0.05) is 30.3 Å². The number of nitrogens with zero attached hydrogens (tertiary/aromatic N) is 2. The van der Waals surface area contributed by atoms with Crippen molar-refractivity contribution in [1.82, 2.24) is 15.5 Å². The lowest BCUT2D eigenvalue weighted by atomic mass is 10.1. The number of morpholine rings is 1. The monoisotopic (exact) mass is 568 g/mol. The zero-order valence-corrected chi connectivity index (χ0v) is 22.3. The molecule has 1 aliphatic rings. The fourth-order valence-electron chi connectivity index (χ4n) is 3.66. The summed E-state index contributed by atoms with van der Waals surface area (Å²) in [7, 11) is 1.66. The highest BCUT2D eigenvalue weighted by Gasteiger charge is 2.13. The van der Waals surface area contributed by atoms with Crippen LogP contribution in [0.4, 0.5) is 0 Å². The number of rotatable bonds is 10. The Kier molecular flexibility index (Phi) is 12.3. The normalized spacial score (nSPS) is 14.3. The molecular weight excluding hydrogens is 531 g/mol. The number of hydrogen-bond donors (Lipinski definition) is 2. The Balaban J connectivity index is 0.00000385. The molecule has 0 amide bonds. The van der Waals surface area contributed by atoms with E-state index in [4.69, 9.17) is 19.2 Å². The van der Waals surface area contributed by atoms with Crippen molar-refractivity contribution in [2.24, 2.45) is 4.99 Å². The van der Waals surface area contributed by atoms with Crippen molar-refractivity contribution in [1.29, 1.82) is 0 Å². The maximum Gasteiger partial charge on any atom is 0.191 e. The summed E-state index contributed by atoms with van der Waals surface area (Å²) in [6.07, 6.45) is 0. The quantitative estimate of drug-likeness (QED) is 0.258. The third-order valence-electron chi connectivity index (χ3n) is 5.35. The zero-order valence-electron chi connectivity index (χ0n) is 19.9. The van der Waals surface area contributed by atoms with Gasteiger partial charge in [-0.05, 0) is 42.7 Å². The van der Waals surface area contributed by atoms with Crippen LogP contribution < -0.4 is 20.1 Å². The zero-order chi connectivity index (χ0) is 22.6. The van der Waals surface area contributed by atoms with E-state index in [9.17, 15) is 0 Å². The van der Waals surface area contributed by atoms with E-state index in [1.54, 1.807) is 7.11 Å². The van der Waals surface area contributed by atoms with E-state index in [0.29, 0.717) is 13.2 Å². The molecule has 1 fully saturated rings. The van der Waals surface area contributed by atoms with Crippen molar-refractivity contribution in [2.45, 2.75) is 33.5 Å². The van der Waals surface area contributed by atoms with Crippen LogP contribution in [0.1, 0.15) is 30.5 Å². The summed E-state index contributed by atoms with van der Waals surface area (Å²) in [4.78, 5) is 7.21. The Morgan fingerprint density at radius 1 is 1.03 bits per heavy atom. The van der Waals surface area contributed by atoms with Crippen molar-refractivity contribution in [3.8, 4) is 11.5 Å². The molecule has 1 heterocycles. The van der Waals surface area contributed by atoms with Gasteiger partial charge < -0.3 is 24.8 Å². The van der Waals surface area contributed by atoms with E-state index in [-0.39, 0.29) is 24.0 Å². The summed E-state index contributed by atoms with van der Waals surface area (Å²) in [5.41, 5.74) is 3.69. The first-order chi connectivity index (χ1) is 15.7. The van der Waals surface area contributed by atoms with Crippen molar-refractivity contribution >= 4 is 29.9 Å². The molecule has 0 aromatic heterocycles. The van der Waals surface area contributed by atoms with Gasteiger partial charge in [0.25, 0.3) is 0 Å². The summed E-state index contributed by atoms with van der Waals surface area (Å²) >= 11 is 0. The lowest BCUT2D eigenvalue weighted by Gasteiger charge is -2.27. The minimum atomic E-state index is 0. The van der Waals surface area contributed by atoms with E-state index < -0.39 is 0 Å². The number of guanidine groups is 1. The van der Waals surface area contributed by atoms with Crippen LogP contribution in [0.15, 0.2) is 47.5 Å². The SMILES string of the molecule is CCNC(=NCc1ccc(OCC)c(OC)c1)NCc1ccccc1CN1CCOCC1.I. The summed E-state index contributed by atoms with van der Waals surface area (Å²) in [5.74, 6) is 2.28. The number of halogens is 1. The second-order valence-electron chi connectivity index (χ2n) is 7.62. The Morgan fingerprint density at radius 2 is 1.79 bits per heavy atom. The molecule has 0 radical (unpaired) electrons. The third-order valence-corrected chi connectivity index (χ3v) is 5.35. The fourth-order valence-corrected chi connectivity index (χ4v) is 3.66. The average molecular weight is 569 g/mol. The van der Waals surface area contributed by atoms with Gasteiger partial charge in [0.05, 0.1) is 33.5 Å². The molecule has 2 aromatic carbocycles. The van der Waals surface area contributed by atoms with E-state index in [1.807, 2.05) is 25.1 Å². The maximum atomic E-state index is 5.60. The molecular formula is C25H37IN4O3. The molecule has 2 N–H and O–H groups in total. The molecule has 2 aromatic rings. The average Bonchev–Trinajstić information content (AvgIpc) is 2.83. The summed E-state index contributed by atoms with van der Waals surface area (Å²) in [6, 6.07) is 14.5. The number of ether oxygens (including phenoxy) is 3. The Bertz CT molecular complexity index is 872. The largest absolute Gasteiger partial charge is 0.493 e. The summed E-state index contributed by atoms with van der Waals surface area (Å²) < 4.78 is 16.5. The van der Waals surface area contributed by atoms with Crippen LogP contribution in [-0.4, -0.2) is 57.4 Å². The summed E-state index contributed by atoms with van der Waals surface area (Å²) in [6.45, 7) is 11.3. The minimum absolute atomic E-state index is 0. The maximum absolute atomic E-state index is 5.60. The molecule has 8 heteroatoms. The lowest BCUT2D eigenvalue weighted by molar-refractivity contribution is 0.0341. The van der Waals surface area contributed by atoms with Crippen molar-refractivity contribution in [3.63, 3.8) is 0 Å². The van der Waals surface area contributed by atoms with Crippen LogP contribution in [-0.2, 0) is 24.4 Å². The molecule has 1 aliphatic heterocycles. The number of hydrogen-bond acceptors (Lipinski definition) is 5. The van der Waals surface area contributed by atoms with E-state index >= 15 is 0 Å². The van der Waals surface area contributed by atoms with Crippen LogP contribution in [0.2, 0.25) is 0 Å². The molecule has 33 heavy (non-hydrogen) atoms. The second kappa shape index (κ2) is 15.0. The number of benzene rings is 2. The van der Waals surface area contributed by atoms with Gasteiger partial charge in [0.1, 0.15) is 0 Å². The number of aliphatic imine (C=N–C) groups is 1. The highest BCUT2D eigenvalue weighted by Crippen LogP contribution is 2.28. The van der Waals surface area contributed by atoms with Gasteiger partial charge in [-0.25, -0.2) is 4.99 Å². The second-order valence-corrected chi connectivity index (χ2v) is 7.62. The van der Waals surface area contributed by atoms with Gasteiger partial charge >= 0.3 is 0 Å². The first-order valence-corrected chi connectivity index (χ1v) is 11.4. The predicted octanol–water partition coefficient (Wildman–Crippen LogP) is 3.80. The standard InChI is InChI=1S/C25H36N4O3.HI/c1-4-26-25(27-17-20-10-11-23(32-5-2)24(16-20)30-3)28-18-21-8-6-7-9-22(21)19-29-12-14-31-15-13-29;/h6-11,16H,4-5,12-15,17-19H2,1-3H3,(H2,26,27,28);1H. The Labute approximate surface area is 214 Å². The molecule has 0 saturated carbocycles. The van der Waals surface area contributed by atoms with Gasteiger partial charge in [-0.2, -0.15) is 0 Å². The number of nitrogens with one attached hydrogen (secondary N) is 2. The van der Waals surface area contributed by atoms with Crippen LogP contribution in [0.25, 0.3) is 0 Å². The Morgan fingerprint density at radius 3 is 2.48 bits per heavy atom. The molecule has 0 spiro atoms. The summed E-state index contributed by atoms with van der Waals surface area (Å²) in [5, 5.41) is 6.83. The van der Waals surface area contributed by atoms with Gasteiger partial charge in [0, 0.05) is 32.7 Å². The molecule has 3 rings (SSSR count). The van der Waals surface area contributed by atoms with Gasteiger partial charge in [-0.3, -0.25) is 4.90 Å². The van der Waals surface area contributed by atoms with Gasteiger partial charge in [0.15, 0.2) is 17.5 Å². The van der Waals surface area contributed by atoms with E-state index in [0.717, 1.165) is 69.0 Å². The van der Waals surface area contributed by atoms with Crippen LogP contribution >= 0.6 is 24.0 Å². The van der Waals surface area contributed by atoms with Crippen molar-refractivity contribution in [3.05, 3.63) is 59.2 Å². The minimum Gasteiger partial charge on any atom is -0.493 e. The molecule has 182 valence electrons. The predicted molar refractivity (Wildman–Crippen MR) is 144 cm³/mol. The molecule has 1 saturated heterocycles. The van der Waals surface area contributed by atoms with Crippen molar-refractivity contribution in [2.75, 3.05) is 46.6 Å². The van der Waals surface area contributed by atoms with E-state index in [2.05, 4.69) is 46.7 Å². The van der Waals surface area contributed by atoms with Crippen LogP contribution in [0.3, 0.4) is 0 Å². The fraction of sp³-hybridized carbons (Fsp3) is 0.480. The van der Waals surface area contributed by atoms with E-state index in [1.165, 1.54) is 11.1 Å². The smallest absolute Gasteiger partial charge is 0.191 e. The molecule has 0 unspecified atom stereocenters. The number of methoxy groups -OCH3 is 1. The molecule has 7 nitrogen and oxygen atoms in total. The molecule has 0 aliphatic carbocycles. The van der Waals surface area contributed by atoms with Crippen LogP contribution in [0, 0.1) is 0 Å². The van der Waals surface area contributed by atoms with Gasteiger partial charge in [-0.15, -0.1) is 24.0 Å². The molecule has 0 bridgehead atoms. The lowest BCUT2D eigenvalue weighted by Crippen LogP contribution is -2.38.